The number of benzene rings is 2. The molecule has 0 fully saturated rings. The molecule has 2 aromatic rings. The molecule has 0 aliphatic rings. The molecule has 0 heterocycles. The molecule has 2 aromatic carbocycles. The molecule has 0 N–H and O–H groups in total. The molecule has 12 heteroatoms. The number of likely N-dealkylation sites (N-methyl/N-ethyl adjacent to an activating group) is 1. The normalized spacial score (nSPS) is 12.2. The van der Waals surface area contributed by atoms with Gasteiger partial charge in [0.15, 0.2) is 0 Å². The van der Waals surface area contributed by atoms with Crippen LogP contribution in [-0.4, -0.2) is 43.2 Å². The summed E-state index contributed by atoms with van der Waals surface area (Å²) in [5.74, 6) is -1.09. The Bertz CT molecular complexity index is 952. The van der Waals surface area contributed by atoms with Crippen molar-refractivity contribution in [2.45, 2.75) is 12.5 Å². The Kier molecular flexibility index (Phi) is 7.11. The maximum absolute atomic E-state index is 12.8. The van der Waals surface area contributed by atoms with Gasteiger partial charge in [0.2, 0.25) is 5.75 Å². The van der Waals surface area contributed by atoms with Crippen LogP contribution >= 0.6 is 11.6 Å². The predicted octanol–water partition coefficient (Wildman–Crippen LogP) is 4.50. The highest BCUT2D eigenvalue weighted by molar-refractivity contribution is 6.32. The van der Waals surface area contributed by atoms with Crippen LogP contribution in [0.1, 0.15) is 5.56 Å². The van der Waals surface area contributed by atoms with Crippen molar-refractivity contribution in [2.24, 2.45) is 0 Å². The summed E-state index contributed by atoms with van der Waals surface area (Å²) in [6.07, 6.45) is -6.05. The first-order valence-electron chi connectivity index (χ1n) is 8.17. The van der Waals surface area contributed by atoms with Crippen molar-refractivity contribution in [1.82, 2.24) is 4.90 Å². The Morgan fingerprint density at radius 1 is 1.17 bits per heavy atom. The van der Waals surface area contributed by atoms with Crippen LogP contribution in [0.15, 0.2) is 36.4 Å². The number of ether oxygens (including phenoxy) is 3. The predicted molar refractivity (Wildman–Crippen MR) is 99.7 cm³/mol. The number of hydrogen-bond donors (Lipinski definition) is 0. The average Bonchev–Trinajstić information content (AvgIpc) is 2.66. The second-order valence-electron chi connectivity index (χ2n) is 6.05. The highest BCUT2D eigenvalue weighted by Gasteiger charge is 2.31. The van der Waals surface area contributed by atoms with Crippen LogP contribution in [0, 0.1) is 10.1 Å². The van der Waals surface area contributed by atoms with Gasteiger partial charge in [-0.3, -0.25) is 14.9 Å². The molecule has 1 unspecified atom stereocenters. The molecule has 1 amide bonds. The maximum Gasteiger partial charge on any atom is 0.416 e. The van der Waals surface area contributed by atoms with E-state index in [9.17, 15) is 28.1 Å². The van der Waals surface area contributed by atoms with Crippen LogP contribution in [0.3, 0.4) is 0 Å². The van der Waals surface area contributed by atoms with Gasteiger partial charge in [-0.05, 0) is 24.3 Å². The Morgan fingerprint density at radius 3 is 2.33 bits per heavy atom. The van der Waals surface area contributed by atoms with E-state index in [1.807, 2.05) is 0 Å². The summed E-state index contributed by atoms with van der Waals surface area (Å²) in [6.45, 7) is 0. The molecule has 0 saturated carbocycles. The number of methoxy groups -OCH3 is 1. The molecule has 0 bridgehead atoms. The Labute approximate surface area is 173 Å². The summed E-state index contributed by atoms with van der Waals surface area (Å²) >= 11 is 5.86. The molecule has 0 aromatic heterocycles. The molecular formula is C18H16ClF3N2O6. The SMILES string of the molecule is COC(Oc1cc(Oc2ccc(C(F)(F)F)cc2Cl)ccc1[N+](=O)[O-])C(=O)N(C)C. The Hall–Kier alpha value is -3.05. The fourth-order valence-electron chi connectivity index (χ4n) is 2.22. The number of alkyl halides is 3. The monoisotopic (exact) mass is 448 g/mol. The molecule has 30 heavy (non-hydrogen) atoms. The summed E-state index contributed by atoms with van der Waals surface area (Å²) < 4.78 is 54.0. The van der Waals surface area contributed by atoms with E-state index in [4.69, 9.17) is 25.8 Å². The van der Waals surface area contributed by atoms with Crippen molar-refractivity contribution in [3.8, 4) is 17.2 Å². The quantitative estimate of drug-likeness (QED) is 0.352. The molecule has 2 rings (SSSR count). The summed E-state index contributed by atoms with van der Waals surface area (Å²) in [7, 11) is 4.07. The first-order valence-corrected chi connectivity index (χ1v) is 8.55. The van der Waals surface area contributed by atoms with Crippen LogP contribution in [-0.2, 0) is 15.7 Å². The van der Waals surface area contributed by atoms with E-state index in [1.165, 1.54) is 32.2 Å². The van der Waals surface area contributed by atoms with Crippen molar-refractivity contribution < 1.29 is 37.1 Å². The number of amides is 1. The zero-order valence-corrected chi connectivity index (χ0v) is 16.7. The lowest BCUT2D eigenvalue weighted by molar-refractivity contribution is -0.386. The largest absolute Gasteiger partial charge is 0.456 e. The lowest BCUT2D eigenvalue weighted by atomic mass is 10.2. The first kappa shape index (κ1) is 23.2. The molecule has 0 saturated heterocycles. The number of nitrogens with zero attached hydrogens (tertiary/aromatic N) is 2. The first-order chi connectivity index (χ1) is 13.9. The van der Waals surface area contributed by atoms with E-state index >= 15 is 0 Å². The number of hydrogen-bond acceptors (Lipinski definition) is 6. The molecule has 1 atom stereocenters. The second-order valence-corrected chi connectivity index (χ2v) is 6.46. The number of nitro benzene ring substituents is 1. The lowest BCUT2D eigenvalue weighted by Crippen LogP contribution is -2.38. The van der Waals surface area contributed by atoms with Gasteiger partial charge < -0.3 is 19.1 Å². The minimum atomic E-state index is -4.58. The van der Waals surface area contributed by atoms with Crippen molar-refractivity contribution in [2.75, 3.05) is 21.2 Å². The number of rotatable bonds is 7. The molecular weight excluding hydrogens is 433 g/mol. The van der Waals surface area contributed by atoms with Crippen molar-refractivity contribution >= 4 is 23.2 Å². The third kappa shape index (κ3) is 5.51. The number of carbonyl (C=O) groups excluding carboxylic acids is 1. The van der Waals surface area contributed by atoms with Gasteiger partial charge in [0.1, 0.15) is 11.5 Å². The van der Waals surface area contributed by atoms with Gasteiger partial charge in [-0.15, -0.1) is 0 Å². The number of halogens is 4. The minimum Gasteiger partial charge on any atom is -0.456 e. The summed E-state index contributed by atoms with van der Waals surface area (Å²) in [4.78, 5) is 23.8. The zero-order valence-electron chi connectivity index (χ0n) is 15.9. The standard InChI is InChI=1S/C18H16ClF3N2O6/c1-23(2)16(25)17(28-3)30-15-9-11(5-6-13(15)24(26)27)29-14-7-4-10(8-12(14)19)18(20,21)22/h4-9,17H,1-3H3. The topological polar surface area (TPSA) is 91.1 Å². The van der Waals surface area contributed by atoms with Gasteiger partial charge in [-0.1, -0.05) is 11.6 Å². The van der Waals surface area contributed by atoms with Crippen molar-refractivity contribution in [3.63, 3.8) is 0 Å². The fourth-order valence-corrected chi connectivity index (χ4v) is 2.43. The van der Waals surface area contributed by atoms with Crippen molar-refractivity contribution in [1.29, 1.82) is 0 Å². The summed E-state index contributed by atoms with van der Waals surface area (Å²) in [6, 6.07) is 5.84. The van der Waals surface area contributed by atoms with Crippen molar-refractivity contribution in [3.05, 3.63) is 57.1 Å². The Morgan fingerprint density at radius 2 is 1.83 bits per heavy atom. The molecule has 0 spiro atoms. The highest BCUT2D eigenvalue weighted by atomic mass is 35.5. The average molecular weight is 449 g/mol. The van der Waals surface area contributed by atoms with Gasteiger partial charge in [-0.25, -0.2) is 0 Å². The third-order valence-corrected chi connectivity index (χ3v) is 4.00. The smallest absolute Gasteiger partial charge is 0.416 e. The van der Waals surface area contributed by atoms with E-state index < -0.39 is 34.5 Å². The minimum absolute atomic E-state index is 0.0237. The van der Waals surface area contributed by atoms with Crippen LogP contribution in [0.4, 0.5) is 18.9 Å². The van der Waals surface area contributed by atoms with Crippen LogP contribution in [0.5, 0.6) is 17.2 Å². The van der Waals surface area contributed by atoms with Gasteiger partial charge in [-0.2, -0.15) is 13.2 Å². The van der Waals surface area contributed by atoms with Gasteiger partial charge in [0, 0.05) is 33.3 Å². The van der Waals surface area contributed by atoms with E-state index in [0.29, 0.717) is 6.07 Å². The Balaban J connectivity index is 2.36. The van der Waals surface area contributed by atoms with E-state index in [-0.39, 0.29) is 22.3 Å². The lowest BCUT2D eigenvalue weighted by Gasteiger charge is -2.20. The second kappa shape index (κ2) is 9.18. The molecule has 0 aliphatic heterocycles. The number of carbonyl (C=O) groups is 1. The third-order valence-electron chi connectivity index (χ3n) is 3.71. The fraction of sp³-hybridized carbons (Fsp3) is 0.278. The molecule has 0 radical (unpaired) electrons. The van der Waals surface area contributed by atoms with Gasteiger partial charge in [0.05, 0.1) is 15.5 Å². The highest BCUT2D eigenvalue weighted by Crippen LogP contribution is 2.38. The van der Waals surface area contributed by atoms with Crippen LogP contribution < -0.4 is 9.47 Å². The van der Waals surface area contributed by atoms with Crippen LogP contribution in [0.2, 0.25) is 5.02 Å². The van der Waals surface area contributed by atoms with Crippen LogP contribution in [0.25, 0.3) is 0 Å². The summed E-state index contributed by atoms with van der Waals surface area (Å²) in [5.41, 5.74) is -1.44. The molecule has 162 valence electrons. The van der Waals surface area contributed by atoms with Gasteiger partial charge >= 0.3 is 11.9 Å². The van der Waals surface area contributed by atoms with E-state index in [1.54, 1.807) is 0 Å². The zero-order chi connectivity index (χ0) is 22.6. The summed E-state index contributed by atoms with van der Waals surface area (Å²) in [5, 5.41) is 11.0. The van der Waals surface area contributed by atoms with E-state index in [2.05, 4.69) is 0 Å². The maximum atomic E-state index is 12.8. The van der Waals surface area contributed by atoms with Gasteiger partial charge in [0.25, 0.3) is 12.2 Å². The van der Waals surface area contributed by atoms with E-state index in [0.717, 1.165) is 24.3 Å². The number of nitro groups is 1. The molecule has 0 aliphatic carbocycles. The molecule has 8 nitrogen and oxygen atoms in total.